The molecule has 8 nitrogen and oxygen atoms in total. The third kappa shape index (κ3) is 4.15. The summed E-state index contributed by atoms with van der Waals surface area (Å²) in [6, 6.07) is 7.02. The molecular weight excluding hydrogens is 430 g/mol. The van der Waals surface area contributed by atoms with Gasteiger partial charge < -0.3 is 21.7 Å². The minimum atomic E-state index is -1.61. The Morgan fingerprint density at radius 1 is 1.18 bits per heavy atom. The van der Waals surface area contributed by atoms with Gasteiger partial charge in [0.15, 0.2) is 11.3 Å². The number of carbonyl (C=O) groups excluding carboxylic acids is 3. The Morgan fingerprint density at radius 3 is 2.62 bits per heavy atom. The molecule has 182 valence electrons. The van der Waals surface area contributed by atoms with E-state index in [1.54, 1.807) is 11.1 Å². The standard InChI is InChI=1S/C26H35N5O3/c1-17(32)26(28,25(2)11-4-3-5-12-25)24(34)31-14-6-7-21(31)23(33)30-16-18-8-9-20-19(15-18)10-13-29-22(20)27/h8-10,13,15,21H,3-7,11-12,14,16,28H2,1-2H3,(H2,27,29)(H,30,33)/t21-,26?/m0/s1. The van der Waals surface area contributed by atoms with E-state index in [0.29, 0.717) is 31.7 Å². The first-order valence-electron chi connectivity index (χ1n) is 12.2. The number of nitrogens with two attached hydrogens (primary N) is 2. The summed E-state index contributed by atoms with van der Waals surface area (Å²) in [6.45, 7) is 4.12. The van der Waals surface area contributed by atoms with Crippen molar-refractivity contribution in [1.82, 2.24) is 15.2 Å². The molecule has 5 N–H and O–H groups in total. The summed E-state index contributed by atoms with van der Waals surface area (Å²) >= 11 is 0. The van der Waals surface area contributed by atoms with Crippen LogP contribution >= 0.6 is 0 Å². The maximum atomic E-state index is 13.8. The molecule has 2 fully saturated rings. The number of pyridine rings is 1. The van der Waals surface area contributed by atoms with Crippen molar-refractivity contribution in [2.75, 3.05) is 12.3 Å². The smallest absolute Gasteiger partial charge is 0.251 e. The Kier molecular flexibility index (Phi) is 6.62. The zero-order valence-electron chi connectivity index (χ0n) is 20.1. The third-order valence-corrected chi connectivity index (χ3v) is 7.94. The van der Waals surface area contributed by atoms with Gasteiger partial charge in [0.2, 0.25) is 5.91 Å². The lowest BCUT2D eigenvalue weighted by Gasteiger charge is -2.47. The zero-order chi connectivity index (χ0) is 24.5. The lowest BCUT2D eigenvalue weighted by atomic mass is 9.61. The molecule has 0 bridgehead atoms. The number of likely N-dealkylation sites (tertiary alicyclic amines) is 1. The van der Waals surface area contributed by atoms with E-state index in [0.717, 1.165) is 48.4 Å². The number of fused-ring (bicyclic) bond motifs is 1. The fraction of sp³-hybridized carbons (Fsp3) is 0.538. The quantitative estimate of drug-likeness (QED) is 0.562. The lowest BCUT2D eigenvalue weighted by molar-refractivity contribution is -0.153. The van der Waals surface area contributed by atoms with Crippen LogP contribution in [0.2, 0.25) is 0 Å². The van der Waals surface area contributed by atoms with Crippen LogP contribution in [0.4, 0.5) is 5.82 Å². The predicted octanol–water partition coefficient (Wildman–Crippen LogP) is 2.68. The Labute approximate surface area is 200 Å². The van der Waals surface area contributed by atoms with Crippen LogP contribution in [0.15, 0.2) is 30.5 Å². The molecule has 0 spiro atoms. The van der Waals surface area contributed by atoms with Gasteiger partial charge in [-0.2, -0.15) is 0 Å². The van der Waals surface area contributed by atoms with Gasteiger partial charge >= 0.3 is 0 Å². The maximum absolute atomic E-state index is 13.8. The summed E-state index contributed by atoms with van der Waals surface area (Å²) in [5, 5.41) is 4.79. The van der Waals surface area contributed by atoms with E-state index in [1.807, 2.05) is 31.2 Å². The molecule has 2 aromatic rings. The summed E-state index contributed by atoms with van der Waals surface area (Å²) in [5.41, 5.74) is 11.3. The van der Waals surface area contributed by atoms with Crippen LogP contribution < -0.4 is 16.8 Å². The molecule has 2 amide bonds. The highest BCUT2D eigenvalue weighted by Gasteiger charge is 2.57. The first-order chi connectivity index (χ1) is 16.2. The van der Waals surface area contributed by atoms with Crippen LogP contribution in [-0.4, -0.2) is 45.6 Å². The molecule has 0 radical (unpaired) electrons. The molecule has 34 heavy (non-hydrogen) atoms. The number of hydrogen-bond acceptors (Lipinski definition) is 6. The number of nitrogens with one attached hydrogen (secondary N) is 1. The van der Waals surface area contributed by atoms with Crippen LogP contribution in [0.1, 0.15) is 64.4 Å². The number of anilines is 1. The number of ketones is 1. The fourth-order valence-electron chi connectivity index (χ4n) is 5.74. The SMILES string of the molecule is CC(=O)C(N)(C(=O)N1CCC[C@H]1C(=O)NCc1ccc2c(N)nccc2c1)C1(C)CCCCC1. The van der Waals surface area contributed by atoms with E-state index in [9.17, 15) is 14.4 Å². The minimum absolute atomic E-state index is 0.222. The number of hydrogen-bond donors (Lipinski definition) is 3. The van der Waals surface area contributed by atoms with Gasteiger partial charge in [0.05, 0.1) is 0 Å². The molecule has 2 heterocycles. The van der Waals surface area contributed by atoms with Gasteiger partial charge in [-0.15, -0.1) is 0 Å². The van der Waals surface area contributed by atoms with Crippen molar-refractivity contribution in [3.8, 4) is 0 Å². The number of rotatable bonds is 6. The molecule has 1 aromatic carbocycles. The van der Waals surface area contributed by atoms with Gasteiger partial charge in [0.25, 0.3) is 5.91 Å². The van der Waals surface area contributed by atoms with Gasteiger partial charge in [0, 0.05) is 30.1 Å². The average Bonchev–Trinajstić information content (AvgIpc) is 3.32. The van der Waals surface area contributed by atoms with Crippen molar-refractivity contribution in [3.05, 3.63) is 36.0 Å². The van der Waals surface area contributed by atoms with Crippen molar-refractivity contribution < 1.29 is 14.4 Å². The van der Waals surface area contributed by atoms with E-state index in [4.69, 9.17) is 11.5 Å². The van der Waals surface area contributed by atoms with Crippen molar-refractivity contribution >= 4 is 34.2 Å². The Bertz CT molecular complexity index is 1110. The summed E-state index contributed by atoms with van der Waals surface area (Å²) < 4.78 is 0. The largest absolute Gasteiger partial charge is 0.383 e. The van der Waals surface area contributed by atoms with Crippen LogP contribution in [0.3, 0.4) is 0 Å². The van der Waals surface area contributed by atoms with E-state index in [2.05, 4.69) is 10.3 Å². The first kappa shape index (κ1) is 24.1. The molecule has 1 aliphatic heterocycles. The van der Waals surface area contributed by atoms with Crippen LogP contribution in [-0.2, 0) is 20.9 Å². The highest BCUT2D eigenvalue weighted by Crippen LogP contribution is 2.45. The summed E-state index contributed by atoms with van der Waals surface area (Å²) in [6.07, 6.45) is 7.39. The lowest BCUT2D eigenvalue weighted by Crippen LogP contribution is -2.69. The molecule has 1 saturated carbocycles. The Hall–Kier alpha value is -3.00. The van der Waals surface area contributed by atoms with Crippen molar-refractivity contribution in [1.29, 1.82) is 0 Å². The van der Waals surface area contributed by atoms with Gasteiger partial charge in [-0.05, 0) is 55.7 Å². The monoisotopic (exact) mass is 465 g/mol. The summed E-state index contributed by atoms with van der Waals surface area (Å²) in [7, 11) is 0. The molecule has 1 saturated heterocycles. The minimum Gasteiger partial charge on any atom is -0.383 e. The van der Waals surface area contributed by atoms with Crippen LogP contribution in [0, 0.1) is 5.41 Å². The average molecular weight is 466 g/mol. The molecule has 4 rings (SSSR count). The van der Waals surface area contributed by atoms with Crippen molar-refractivity contribution in [2.24, 2.45) is 11.1 Å². The second-order valence-corrected chi connectivity index (χ2v) is 10.1. The first-order valence-corrected chi connectivity index (χ1v) is 12.2. The second-order valence-electron chi connectivity index (χ2n) is 10.1. The Morgan fingerprint density at radius 2 is 1.91 bits per heavy atom. The highest BCUT2D eigenvalue weighted by molar-refractivity contribution is 6.11. The normalized spacial score (nSPS) is 21.7. The van der Waals surface area contributed by atoms with Gasteiger partial charge in [-0.25, -0.2) is 4.98 Å². The summed E-state index contributed by atoms with van der Waals surface area (Å²) in [5.74, 6) is -0.482. The molecule has 8 heteroatoms. The predicted molar refractivity (Wildman–Crippen MR) is 132 cm³/mol. The third-order valence-electron chi connectivity index (χ3n) is 7.94. The number of amides is 2. The highest BCUT2D eigenvalue weighted by atomic mass is 16.2. The molecular formula is C26H35N5O3. The number of aromatic nitrogens is 1. The molecule has 1 aliphatic carbocycles. The number of nitrogens with zero attached hydrogens (tertiary/aromatic N) is 2. The topological polar surface area (TPSA) is 131 Å². The maximum Gasteiger partial charge on any atom is 0.251 e. The molecule has 2 aliphatic rings. The van der Waals surface area contributed by atoms with Crippen LogP contribution in [0.25, 0.3) is 10.8 Å². The van der Waals surface area contributed by atoms with Gasteiger partial charge in [0.1, 0.15) is 11.9 Å². The number of Topliss-reactive ketones (excluding diaryl/α,β-unsaturated/α-hetero) is 1. The van der Waals surface area contributed by atoms with Crippen LogP contribution in [0.5, 0.6) is 0 Å². The fourth-order valence-corrected chi connectivity index (χ4v) is 5.74. The van der Waals surface area contributed by atoms with E-state index in [1.165, 1.54) is 6.92 Å². The van der Waals surface area contributed by atoms with E-state index >= 15 is 0 Å². The zero-order valence-corrected chi connectivity index (χ0v) is 20.1. The second kappa shape index (κ2) is 9.33. The van der Waals surface area contributed by atoms with Crippen molar-refractivity contribution in [3.63, 3.8) is 0 Å². The van der Waals surface area contributed by atoms with E-state index in [-0.39, 0.29) is 11.7 Å². The number of carbonyl (C=O) groups is 3. The molecule has 2 atom stereocenters. The van der Waals surface area contributed by atoms with Gasteiger partial charge in [-0.1, -0.05) is 38.3 Å². The van der Waals surface area contributed by atoms with Gasteiger partial charge in [-0.3, -0.25) is 14.4 Å². The van der Waals surface area contributed by atoms with Crippen molar-refractivity contribution in [2.45, 2.75) is 76.9 Å². The van der Waals surface area contributed by atoms with E-state index < -0.39 is 22.9 Å². The summed E-state index contributed by atoms with van der Waals surface area (Å²) in [4.78, 5) is 45.3. The Balaban J connectivity index is 1.49. The number of nitrogen functional groups attached to an aromatic ring is 1. The number of benzene rings is 1. The molecule has 1 aromatic heterocycles. The molecule has 1 unspecified atom stereocenters.